The molecule has 0 atom stereocenters. The van der Waals surface area contributed by atoms with Crippen molar-refractivity contribution >= 4 is 23.0 Å². The van der Waals surface area contributed by atoms with E-state index in [2.05, 4.69) is 0 Å². The molecule has 0 aliphatic carbocycles. The molecule has 19 heavy (non-hydrogen) atoms. The quantitative estimate of drug-likeness (QED) is 0.822. The van der Waals surface area contributed by atoms with E-state index in [0.717, 1.165) is 5.56 Å². The predicted octanol–water partition coefficient (Wildman–Crippen LogP) is 2.62. The molecule has 0 fully saturated rings. The number of ether oxygens (including phenoxy) is 2. The Bertz CT molecular complexity index is 581. The van der Waals surface area contributed by atoms with Gasteiger partial charge in [-0.1, -0.05) is 0 Å². The zero-order chi connectivity index (χ0) is 13.8. The first-order valence-electron chi connectivity index (χ1n) is 5.46. The second kappa shape index (κ2) is 5.62. The summed E-state index contributed by atoms with van der Waals surface area (Å²) in [5.74, 6) is -0.321. The summed E-state index contributed by atoms with van der Waals surface area (Å²) in [7, 11) is 1.48. The van der Waals surface area contributed by atoms with Crippen LogP contribution in [0.4, 0.5) is 5.69 Å². The van der Waals surface area contributed by atoms with Gasteiger partial charge in [-0.25, -0.2) is 4.79 Å². The van der Waals surface area contributed by atoms with Crippen LogP contribution >= 0.6 is 11.3 Å². The van der Waals surface area contributed by atoms with Crippen LogP contribution in [0.3, 0.4) is 0 Å². The lowest BCUT2D eigenvalue weighted by molar-refractivity contribution is 0.0697. The van der Waals surface area contributed by atoms with Crippen LogP contribution < -0.4 is 15.2 Å². The first-order valence-corrected chi connectivity index (χ1v) is 6.40. The molecule has 6 heteroatoms. The summed E-state index contributed by atoms with van der Waals surface area (Å²) in [5, 5.41) is 12.9. The molecule has 5 nitrogen and oxygen atoms in total. The SMILES string of the molecule is COc1cc(N)c(C(=O)O)cc1OCc1ccsc1. The van der Waals surface area contributed by atoms with Crippen molar-refractivity contribution in [2.45, 2.75) is 6.61 Å². The Kier molecular flexibility index (Phi) is 3.91. The largest absolute Gasteiger partial charge is 0.493 e. The fourth-order valence-corrected chi connectivity index (χ4v) is 2.22. The first kappa shape index (κ1) is 13.2. The number of benzene rings is 1. The van der Waals surface area contributed by atoms with Crippen molar-refractivity contribution in [2.75, 3.05) is 12.8 Å². The second-order valence-electron chi connectivity index (χ2n) is 3.82. The standard InChI is InChI=1S/C13H13NO4S/c1-17-11-5-10(14)9(13(15)16)4-12(11)18-6-8-2-3-19-7-8/h2-5,7H,6,14H2,1H3,(H,15,16). The summed E-state index contributed by atoms with van der Waals surface area (Å²) in [5.41, 5.74) is 6.80. The van der Waals surface area contributed by atoms with Gasteiger partial charge in [0, 0.05) is 12.1 Å². The number of carboxylic acid groups (broad SMARTS) is 1. The zero-order valence-corrected chi connectivity index (χ0v) is 11.1. The van der Waals surface area contributed by atoms with Crippen molar-refractivity contribution < 1.29 is 19.4 Å². The molecule has 3 N–H and O–H groups in total. The Balaban J connectivity index is 2.26. The van der Waals surface area contributed by atoms with Gasteiger partial charge in [0.1, 0.15) is 6.61 Å². The maximum Gasteiger partial charge on any atom is 0.337 e. The van der Waals surface area contributed by atoms with E-state index >= 15 is 0 Å². The topological polar surface area (TPSA) is 81.8 Å². The van der Waals surface area contributed by atoms with Gasteiger partial charge in [0.2, 0.25) is 0 Å². The summed E-state index contributed by atoms with van der Waals surface area (Å²) < 4.78 is 10.7. The molecule has 0 radical (unpaired) electrons. The summed E-state index contributed by atoms with van der Waals surface area (Å²) in [6.45, 7) is 0.350. The summed E-state index contributed by atoms with van der Waals surface area (Å²) in [4.78, 5) is 11.0. The highest BCUT2D eigenvalue weighted by Gasteiger charge is 2.14. The van der Waals surface area contributed by atoms with Gasteiger partial charge >= 0.3 is 5.97 Å². The second-order valence-corrected chi connectivity index (χ2v) is 4.60. The molecule has 1 aromatic heterocycles. The fourth-order valence-electron chi connectivity index (χ4n) is 1.57. The third kappa shape index (κ3) is 2.97. The van der Waals surface area contributed by atoms with Crippen molar-refractivity contribution in [1.29, 1.82) is 0 Å². The number of methoxy groups -OCH3 is 1. The molecule has 0 bridgehead atoms. The maximum atomic E-state index is 11.0. The van der Waals surface area contributed by atoms with Crippen LogP contribution in [-0.4, -0.2) is 18.2 Å². The van der Waals surface area contributed by atoms with Crippen LogP contribution in [-0.2, 0) is 6.61 Å². The smallest absolute Gasteiger partial charge is 0.337 e. The molecule has 100 valence electrons. The highest BCUT2D eigenvalue weighted by atomic mass is 32.1. The lowest BCUT2D eigenvalue weighted by Crippen LogP contribution is -2.05. The van der Waals surface area contributed by atoms with Crippen molar-refractivity contribution in [3.63, 3.8) is 0 Å². The Morgan fingerprint density at radius 3 is 2.79 bits per heavy atom. The molecule has 0 unspecified atom stereocenters. The first-order chi connectivity index (χ1) is 9.11. The van der Waals surface area contributed by atoms with Gasteiger partial charge in [-0.3, -0.25) is 0 Å². The number of nitrogen functional groups attached to an aromatic ring is 1. The Morgan fingerprint density at radius 1 is 1.42 bits per heavy atom. The molecule has 0 saturated heterocycles. The monoisotopic (exact) mass is 279 g/mol. The van der Waals surface area contributed by atoms with Crippen LogP contribution in [0.2, 0.25) is 0 Å². The van der Waals surface area contributed by atoms with E-state index in [1.165, 1.54) is 19.2 Å². The normalized spacial score (nSPS) is 10.2. The van der Waals surface area contributed by atoms with E-state index in [1.54, 1.807) is 11.3 Å². The van der Waals surface area contributed by atoms with Gasteiger partial charge in [-0.05, 0) is 22.4 Å². The molecular formula is C13H13NO4S. The van der Waals surface area contributed by atoms with Gasteiger partial charge in [0.25, 0.3) is 0 Å². The minimum Gasteiger partial charge on any atom is -0.493 e. The minimum atomic E-state index is -1.10. The molecule has 1 heterocycles. The number of thiophene rings is 1. The molecule has 0 aliphatic heterocycles. The molecule has 0 spiro atoms. The van der Waals surface area contributed by atoms with Gasteiger partial charge < -0.3 is 20.3 Å². The number of anilines is 1. The number of rotatable bonds is 5. The van der Waals surface area contributed by atoms with Crippen molar-refractivity contribution in [1.82, 2.24) is 0 Å². The minimum absolute atomic E-state index is 0.00104. The average Bonchev–Trinajstić information content (AvgIpc) is 2.89. The number of hydrogen-bond acceptors (Lipinski definition) is 5. The Labute approximate surface area is 114 Å². The molecule has 2 rings (SSSR count). The molecule has 0 amide bonds. The van der Waals surface area contributed by atoms with E-state index in [1.807, 2.05) is 16.8 Å². The fraction of sp³-hybridized carbons (Fsp3) is 0.154. The van der Waals surface area contributed by atoms with E-state index in [-0.39, 0.29) is 11.3 Å². The third-order valence-corrected chi connectivity index (χ3v) is 3.27. The maximum absolute atomic E-state index is 11.0. The van der Waals surface area contributed by atoms with E-state index in [0.29, 0.717) is 18.1 Å². The van der Waals surface area contributed by atoms with Crippen LogP contribution in [0.1, 0.15) is 15.9 Å². The highest BCUT2D eigenvalue weighted by molar-refractivity contribution is 7.07. The van der Waals surface area contributed by atoms with E-state index in [9.17, 15) is 4.79 Å². The van der Waals surface area contributed by atoms with Crippen molar-refractivity contribution in [2.24, 2.45) is 0 Å². The summed E-state index contributed by atoms with van der Waals surface area (Å²) >= 11 is 1.57. The van der Waals surface area contributed by atoms with Crippen LogP contribution in [0, 0.1) is 0 Å². The molecule has 1 aromatic carbocycles. The van der Waals surface area contributed by atoms with E-state index < -0.39 is 5.97 Å². The van der Waals surface area contributed by atoms with Gasteiger partial charge in [-0.2, -0.15) is 11.3 Å². The molecule has 0 aliphatic rings. The Morgan fingerprint density at radius 2 is 2.21 bits per heavy atom. The van der Waals surface area contributed by atoms with E-state index in [4.69, 9.17) is 20.3 Å². The van der Waals surface area contributed by atoms with Crippen LogP contribution in [0.5, 0.6) is 11.5 Å². The summed E-state index contributed by atoms with van der Waals surface area (Å²) in [6, 6.07) is 4.77. The number of carboxylic acids is 1. The number of carbonyl (C=O) groups is 1. The molecular weight excluding hydrogens is 266 g/mol. The predicted molar refractivity (Wildman–Crippen MR) is 73.0 cm³/mol. The lowest BCUT2D eigenvalue weighted by Gasteiger charge is -2.12. The number of aromatic carboxylic acids is 1. The molecule has 2 aromatic rings. The van der Waals surface area contributed by atoms with Crippen LogP contribution in [0.15, 0.2) is 29.0 Å². The summed E-state index contributed by atoms with van der Waals surface area (Å²) in [6.07, 6.45) is 0. The Hall–Kier alpha value is -2.21. The van der Waals surface area contributed by atoms with Gasteiger partial charge in [0.05, 0.1) is 18.4 Å². The van der Waals surface area contributed by atoms with Crippen molar-refractivity contribution in [3.05, 3.63) is 40.1 Å². The van der Waals surface area contributed by atoms with Gasteiger partial charge in [-0.15, -0.1) is 0 Å². The van der Waals surface area contributed by atoms with Crippen LogP contribution in [0.25, 0.3) is 0 Å². The lowest BCUT2D eigenvalue weighted by atomic mass is 10.1. The third-order valence-electron chi connectivity index (χ3n) is 2.54. The van der Waals surface area contributed by atoms with Crippen molar-refractivity contribution in [3.8, 4) is 11.5 Å². The zero-order valence-electron chi connectivity index (χ0n) is 10.3. The highest BCUT2D eigenvalue weighted by Crippen LogP contribution is 2.32. The van der Waals surface area contributed by atoms with Gasteiger partial charge in [0.15, 0.2) is 11.5 Å². The average molecular weight is 279 g/mol. The number of nitrogens with two attached hydrogens (primary N) is 1. The number of hydrogen-bond donors (Lipinski definition) is 2. The molecule has 0 saturated carbocycles.